The fourth-order valence-corrected chi connectivity index (χ4v) is 1.33. The first-order chi connectivity index (χ1) is 8.49. The Morgan fingerprint density at radius 1 is 1.33 bits per heavy atom. The highest BCUT2D eigenvalue weighted by molar-refractivity contribution is 5.86. The fraction of sp³-hybridized carbons (Fsp3) is 0.364. The van der Waals surface area contributed by atoms with Crippen molar-refractivity contribution < 1.29 is 29.0 Å². The number of hydrogen-bond donors (Lipinski definition) is 3. The lowest BCUT2D eigenvalue weighted by Crippen LogP contribution is -2.42. The minimum absolute atomic E-state index is 0.0386. The molecule has 1 heterocycles. The number of carboxylic acids is 2. The van der Waals surface area contributed by atoms with Crippen molar-refractivity contribution in [1.82, 2.24) is 5.32 Å². The summed E-state index contributed by atoms with van der Waals surface area (Å²) in [6.07, 6.45) is 1.19. The minimum Gasteiger partial charge on any atom is -0.481 e. The molecular formula is C11H13NO6. The summed E-state index contributed by atoms with van der Waals surface area (Å²) < 4.78 is 5.01. The molecule has 98 valence electrons. The smallest absolute Gasteiger partial charge is 0.326 e. The third kappa shape index (κ3) is 4.69. The number of amides is 1. The van der Waals surface area contributed by atoms with Crippen molar-refractivity contribution in [2.24, 2.45) is 0 Å². The number of carbonyl (C=O) groups excluding carboxylic acids is 1. The minimum atomic E-state index is -1.41. The van der Waals surface area contributed by atoms with Gasteiger partial charge in [-0.2, -0.15) is 0 Å². The number of carboxylic acid groups (broad SMARTS) is 2. The van der Waals surface area contributed by atoms with Gasteiger partial charge in [0.25, 0.3) is 0 Å². The Balaban J connectivity index is 2.41. The van der Waals surface area contributed by atoms with Gasteiger partial charge in [0.15, 0.2) is 0 Å². The number of carbonyl (C=O) groups is 3. The Kier molecular flexibility index (Phi) is 4.91. The molecule has 0 aliphatic heterocycles. The third-order valence-electron chi connectivity index (χ3n) is 2.19. The molecule has 1 aromatic rings. The highest BCUT2D eigenvalue weighted by atomic mass is 16.4. The summed E-state index contributed by atoms with van der Waals surface area (Å²) in [5.74, 6) is -2.58. The molecule has 18 heavy (non-hydrogen) atoms. The van der Waals surface area contributed by atoms with Crippen LogP contribution in [0.4, 0.5) is 0 Å². The Morgan fingerprint density at radius 2 is 2.06 bits per heavy atom. The molecule has 0 aliphatic carbocycles. The molecule has 1 aromatic heterocycles. The van der Waals surface area contributed by atoms with Crippen molar-refractivity contribution in [1.29, 1.82) is 0 Å². The van der Waals surface area contributed by atoms with E-state index < -0.39 is 30.3 Å². The quantitative estimate of drug-likeness (QED) is 0.643. The first-order valence-electron chi connectivity index (χ1n) is 5.25. The lowest BCUT2D eigenvalue weighted by Gasteiger charge is -2.11. The van der Waals surface area contributed by atoms with E-state index in [9.17, 15) is 14.4 Å². The second-order valence-corrected chi connectivity index (χ2v) is 3.64. The lowest BCUT2D eigenvalue weighted by molar-refractivity contribution is -0.147. The summed E-state index contributed by atoms with van der Waals surface area (Å²) in [7, 11) is 0. The summed E-state index contributed by atoms with van der Waals surface area (Å²) in [4.78, 5) is 32.5. The van der Waals surface area contributed by atoms with Crippen LogP contribution in [0.2, 0.25) is 0 Å². The number of hydrogen-bond acceptors (Lipinski definition) is 4. The van der Waals surface area contributed by atoms with Crippen LogP contribution in [0.25, 0.3) is 0 Å². The topological polar surface area (TPSA) is 117 Å². The van der Waals surface area contributed by atoms with E-state index in [2.05, 4.69) is 5.32 Å². The first kappa shape index (κ1) is 13.8. The van der Waals surface area contributed by atoms with Crippen LogP contribution in [-0.2, 0) is 20.8 Å². The Labute approximate surface area is 102 Å². The summed E-state index contributed by atoms with van der Waals surface area (Å²) in [6, 6.07) is 1.96. The molecule has 0 aliphatic rings. The normalized spacial score (nSPS) is 11.8. The molecule has 0 saturated carbocycles. The molecule has 7 nitrogen and oxygen atoms in total. The maximum Gasteiger partial charge on any atom is 0.326 e. The molecule has 1 atom stereocenters. The van der Waals surface area contributed by atoms with Gasteiger partial charge in [0.2, 0.25) is 5.91 Å². The Bertz CT molecular complexity index is 425. The van der Waals surface area contributed by atoms with Crippen LogP contribution in [0.15, 0.2) is 22.8 Å². The van der Waals surface area contributed by atoms with Crippen molar-refractivity contribution in [2.45, 2.75) is 25.3 Å². The van der Waals surface area contributed by atoms with E-state index in [-0.39, 0.29) is 6.42 Å². The van der Waals surface area contributed by atoms with E-state index in [4.69, 9.17) is 14.6 Å². The number of aryl methyl sites for hydroxylation is 1. The van der Waals surface area contributed by atoms with Gasteiger partial charge >= 0.3 is 11.9 Å². The van der Waals surface area contributed by atoms with Crippen molar-refractivity contribution >= 4 is 17.8 Å². The van der Waals surface area contributed by atoms with Crippen LogP contribution in [0.1, 0.15) is 18.6 Å². The maximum absolute atomic E-state index is 11.4. The molecule has 7 heteroatoms. The molecular weight excluding hydrogens is 242 g/mol. The SMILES string of the molecule is O=C(O)CC(NC(=O)CCc1ccco1)C(=O)O. The zero-order chi connectivity index (χ0) is 13.5. The molecule has 1 rings (SSSR count). The van der Waals surface area contributed by atoms with Gasteiger partial charge in [0, 0.05) is 12.8 Å². The fourth-order valence-electron chi connectivity index (χ4n) is 1.33. The molecule has 0 bridgehead atoms. The predicted molar refractivity (Wildman–Crippen MR) is 58.8 cm³/mol. The Hall–Kier alpha value is -2.31. The number of furan rings is 1. The zero-order valence-corrected chi connectivity index (χ0v) is 9.46. The molecule has 1 unspecified atom stereocenters. The molecule has 0 radical (unpaired) electrons. The van der Waals surface area contributed by atoms with E-state index in [1.54, 1.807) is 12.1 Å². The monoisotopic (exact) mass is 255 g/mol. The zero-order valence-electron chi connectivity index (χ0n) is 9.46. The average Bonchev–Trinajstić information content (AvgIpc) is 2.77. The van der Waals surface area contributed by atoms with E-state index in [1.165, 1.54) is 6.26 Å². The van der Waals surface area contributed by atoms with E-state index in [0.717, 1.165) is 0 Å². The number of nitrogens with one attached hydrogen (secondary N) is 1. The van der Waals surface area contributed by atoms with Gasteiger partial charge in [0.05, 0.1) is 12.7 Å². The van der Waals surface area contributed by atoms with Crippen LogP contribution in [-0.4, -0.2) is 34.1 Å². The summed E-state index contributed by atoms with van der Waals surface area (Å²) in [6.45, 7) is 0. The maximum atomic E-state index is 11.4. The summed E-state index contributed by atoms with van der Waals surface area (Å²) >= 11 is 0. The van der Waals surface area contributed by atoms with Gasteiger partial charge in [-0.3, -0.25) is 9.59 Å². The summed E-state index contributed by atoms with van der Waals surface area (Å²) in [5, 5.41) is 19.4. The molecule has 0 aromatic carbocycles. The van der Waals surface area contributed by atoms with Gasteiger partial charge < -0.3 is 19.9 Å². The summed E-state index contributed by atoms with van der Waals surface area (Å²) in [5.41, 5.74) is 0. The first-order valence-corrected chi connectivity index (χ1v) is 5.25. The van der Waals surface area contributed by atoms with E-state index >= 15 is 0 Å². The lowest BCUT2D eigenvalue weighted by atomic mass is 10.2. The van der Waals surface area contributed by atoms with E-state index in [0.29, 0.717) is 12.2 Å². The molecule has 0 saturated heterocycles. The standard InChI is InChI=1S/C11H13NO6/c13-9(4-3-7-2-1-5-18-7)12-8(11(16)17)6-10(14)15/h1-2,5,8H,3-4,6H2,(H,12,13)(H,14,15)(H,16,17). The third-order valence-corrected chi connectivity index (χ3v) is 2.19. The van der Waals surface area contributed by atoms with Crippen molar-refractivity contribution in [3.8, 4) is 0 Å². The highest BCUT2D eigenvalue weighted by Gasteiger charge is 2.22. The van der Waals surface area contributed by atoms with Crippen LogP contribution in [0, 0.1) is 0 Å². The largest absolute Gasteiger partial charge is 0.481 e. The van der Waals surface area contributed by atoms with Crippen LogP contribution >= 0.6 is 0 Å². The van der Waals surface area contributed by atoms with Crippen molar-refractivity contribution in [3.63, 3.8) is 0 Å². The van der Waals surface area contributed by atoms with Gasteiger partial charge in [-0.15, -0.1) is 0 Å². The van der Waals surface area contributed by atoms with E-state index in [1.807, 2.05) is 0 Å². The molecule has 0 spiro atoms. The van der Waals surface area contributed by atoms with Gasteiger partial charge in [0.1, 0.15) is 11.8 Å². The van der Waals surface area contributed by atoms with Crippen molar-refractivity contribution in [3.05, 3.63) is 24.2 Å². The molecule has 1 amide bonds. The second kappa shape index (κ2) is 6.43. The van der Waals surface area contributed by atoms with Crippen molar-refractivity contribution in [2.75, 3.05) is 0 Å². The van der Waals surface area contributed by atoms with Gasteiger partial charge in [-0.05, 0) is 12.1 Å². The number of aliphatic carboxylic acids is 2. The van der Waals surface area contributed by atoms with Crippen LogP contribution in [0.5, 0.6) is 0 Å². The highest BCUT2D eigenvalue weighted by Crippen LogP contribution is 2.04. The molecule has 3 N–H and O–H groups in total. The van der Waals surface area contributed by atoms with Gasteiger partial charge in [-0.25, -0.2) is 4.79 Å². The predicted octanol–water partition coefficient (Wildman–Crippen LogP) is 0.256. The molecule has 0 fully saturated rings. The average molecular weight is 255 g/mol. The van der Waals surface area contributed by atoms with Gasteiger partial charge in [-0.1, -0.05) is 0 Å². The van der Waals surface area contributed by atoms with Crippen LogP contribution < -0.4 is 5.32 Å². The van der Waals surface area contributed by atoms with Crippen LogP contribution in [0.3, 0.4) is 0 Å². The second-order valence-electron chi connectivity index (χ2n) is 3.64. The Morgan fingerprint density at radius 3 is 2.56 bits per heavy atom. The number of rotatable bonds is 7.